The summed E-state index contributed by atoms with van der Waals surface area (Å²) in [7, 11) is 0. The minimum atomic E-state index is -0.0323. The molecule has 0 N–H and O–H groups in total. The monoisotopic (exact) mass is 210 g/mol. The van der Waals surface area contributed by atoms with E-state index in [1.165, 1.54) is 25.7 Å². The average Bonchev–Trinajstić information content (AvgIpc) is 2.21. The molecular formula is C13H22O2. The Hall–Kier alpha value is -0.790. The first-order valence-corrected chi connectivity index (χ1v) is 6.13. The van der Waals surface area contributed by atoms with Gasteiger partial charge in [0.05, 0.1) is 0 Å². The molecule has 0 bridgehead atoms. The van der Waals surface area contributed by atoms with Crippen molar-refractivity contribution in [3.63, 3.8) is 0 Å². The van der Waals surface area contributed by atoms with Crippen LogP contribution in [0.3, 0.4) is 0 Å². The van der Waals surface area contributed by atoms with Gasteiger partial charge in [-0.1, -0.05) is 31.4 Å². The van der Waals surface area contributed by atoms with Gasteiger partial charge in [0, 0.05) is 12.8 Å². The highest BCUT2D eigenvalue weighted by Gasteiger charge is 2.07. The van der Waals surface area contributed by atoms with Crippen LogP contribution in [0.15, 0.2) is 12.2 Å². The molecule has 15 heavy (non-hydrogen) atoms. The second-order valence-electron chi connectivity index (χ2n) is 4.31. The number of allylic oxidation sites excluding steroid dienone is 1. The average molecular weight is 210 g/mol. The van der Waals surface area contributed by atoms with E-state index in [-0.39, 0.29) is 12.1 Å². The molecule has 0 aromatic heterocycles. The van der Waals surface area contributed by atoms with Gasteiger partial charge in [-0.25, -0.2) is 0 Å². The van der Waals surface area contributed by atoms with Crippen LogP contribution in [0.4, 0.5) is 0 Å². The molecule has 1 aliphatic rings. The van der Waals surface area contributed by atoms with E-state index in [4.69, 9.17) is 4.74 Å². The fraction of sp³-hybridized carbons (Fsp3) is 0.769. The van der Waals surface area contributed by atoms with Crippen LogP contribution < -0.4 is 0 Å². The topological polar surface area (TPSA) is 26.3 Å². The van der Waals surface area contributed by atoms with Crippen LogP contribution in [0.25, 0.3) is 0 Å². The van der Waals surface area contributed by atoms with Crippen molar-refractivity contribution in [2.24, 2.45) is 0 Å². The van der Waals surface area contributed by atoms with Crippen LogP contribution in [0, 0.1) is 0 Å². The number of rotatable bonds is 0. The zero-order valence-electron chi connectivity index (χ0n) is 9.71. The van der Waals surface area contributed by atoms with Crippen LogP contribution in [-0.4, -0.2) is 12.1 Å². The summed E-state index contributed by atoms with van der Waals surface area (Å²) in [6.07, 6.45) is 12.9. The Morgan fingerprint density at radius 3 is 2.73 bits per heavy atom. The van der Waals surface area contributed by atoms with Gasteiger partial charge in [0.15, 0.2) is 0 Å². The van der Waals surface area contributed by atoms with Gasteiger partial charge in [-0.2, -0.15) is 0 Å². The molecule has 0 aliphatic carbocycles. The number of cyclic esters (lactones) is 1. The van der Waals surface area contributed by atoms with Crippen molar-refractivity contribution in [1.29, 1.82) is 0 Å². The van der Waals surface area contributed by atoms with Crippen LogP contribution >= 0.6 is 0 Å². The van der Waals surface area contributed by atoms with Gasteiger partial charge in [0.25, 0.3) is 0 Å². The molecule has 2 heteroatoms. The number of hydrogen-bond acceptors (Lipinski definition) is 2. The Morgan fingerprint density at radius 2 is 1.87 bits per heavy atom. The molecule has 0 amide bonds. The number of carbonyl (C=O) groups is 1. The summed E-state index contributed by atoms with van der Waals surface area (Å²) >= 11 is 0. The first-order valence-electron chi connectivity index (χ1n) is 6.13. The summed E-state index contributed by atoms with van der Waals surface area (Å²) in [5.41, 5.74) is 0. The van der Waals surface area contributed by atoms with Gasteiger partial charge in [0.1, 0.15) is 6.10 Å². The molecule has 0 fully saturated rings. The molecule has 1 rings (SSSR count). The van der Waals surface area contributed by atoms with E-state index in [0.717, 1.165) is 19.3 Å². The van der Waals surface area contributed by atoms with E-state index in [2.05, 4.69) is 12.2 Å². The van der Waals surface area contributed by atoms with Crippen molar-refractivity contribution >= 4 is 5.97 Å². The molecule has 1 aliphatic heterocycles. The number of ether oxygens (including phenoxy) is 1. The van der Waals surface area contributed by atoms with E-state index in [1.807, 2.05) is 6.92 Å². The summed E-state index contributed by atoms with van der Waals surface area (Å²) in [5, 5.41) is 0. The van der Waals surface area contributed by atoms with Gasteiger partial charge < -0.3 is 4.74 Å². The Morgan fingerprint density at radius 1 is 1.13 bits per heavy atom. The molecule has 2 nitrogen and oxygen atoms in total. The van der Waals surface area contributed by atoms with Crippen LogP contribution in [0.2, 0.25) is 0 Å². The van der Waals surface area contributed by atoms with E-state index in [9.17, 15) is 4.79 Å². The quantitative estimate of drug-likeness (QED) is 0.451. The Balaban J connectivity index is 2.34. The van der Waals surface area contributed by atoms with Crippen molar-refractivity contribution < 1.29 is 9.53 Å². The first-order chi connectivity index (χ1) is 7.29. The molecule has 0 saturated carbocycles. The zero-order valence-corrected chi connectivity index (χ0v) is 9.71. The van der Waals surface area contributed by atoms with Crippen molar-refractivity contribution in [3.8, 4) is 0 Å². The van der Waals surface area contributed by atoms with Gasteiger partial charge in [-0.15, -0.1) is 0 Å². The van der Waals surface area contributed by atoms with Crippen LogP contribution in [-0.2, 0) is 9.53 Å². The van der Waals surface area contributed by atoms with Gasteiger partial charge >= 0.3 is 5.97 Å². The van der Waals surface area contributed by atoms with E-state index in [1.54, 1.807) is 0 Å². The second kappa shape index (κ2) is 7.49. The maximum absolute atomic E-state index is 11.3. The van der Waals surface area contributed by atoms with E-state index < -0.39 is 0 Å². The molecule has 1 unspecified atom stereocenters. The normalized spacial score (nSPS) is 28.1. The molecule has 1 atom stereocenters. The third kappa shape index (κ3) is 6.32. The standard InChI is InChI=1S/C13H22O2/c1-12-10-8-6-4-2-3-5-7-9-11-13(14)15-12/h6,8,12H,2-5,7,9-11H2,1H3/b8-6+. The maximum atomic E-state index is 11.3. The summed E-state index contributed by atoms with van der Waals surface area (Å²) < 4.78 is 5.27. The van der Waals surface area contributed by atoms with Gasteiger partial charge in [-0.05, 0) is 26.2 Å². The first kappa shape index (κ1) is 12.3. The van der Waals surface area contributed by atoms with Crippen LogP contribution in [0.5, 0.6) is 0 Å². The molecular weight excluding hydrogens is 188 g/mol. The van der Waals surface area contributed by atoms with Gasteiger partial charge in [-0.3, -0.25) is 4.79 Å². The lowest BCUT2D eigenvalue weighted by atomic mass is 10.1. The van der Waals surface area contributed by atoms with E-state index in [0.29, 0.717) is 6.42 Å². The Bertz CT molecular complexity index is 209. The number of carbonyl (C=O) groups excluding carboxylic acids is 1. The minimum Gasteiger partial charge on any atom is -0.462 e. The SMILES string of the molecule is CC1C/C=C/CCCCCCCC(=O)O1. The predicted molar refractivity (Wildman–Crippen MR) is 61.6 cm³/mol. The lowest BCUT2D eigenvalue weighted by Crippen LogP contribution is -2.13. The summed E-state index contributed by atoms with van der Waals surface area (Å²) in [6.45, 7) is 1.96. The molecule has 0 spiro atoms. The highest BCUT2D eigenvalue weighted by molar-refractivity contribution is 5.69. The highest BCUT2D eigenvalue weighted by atomic mass is 16.5. The van der Waals surface area contributed by atoms with Crippen molar-refractivity contribution in [3.05, 3.63) is 12.2 Å². The lowest BCUT2D eigenvalue weighted by Gasteiger charge is -2.10. The molecule has 1 heterocycles. The smallest absolute Gasteiger partial charge is 0.306 e. The third-order valence-corrected chi connectivity index (χ3v) is 2.72. The van der Waals surface area contributed by atoms with Crippen molar-refractivity contribution in [2.45, 2.75) is 64.4 Å². The zero-order chi connectivity index (χ0) is 10.9. The lowest BCUT2D eigenvalue weighted by molar-refractivity contribution is -0.148. The fourth-order valence-corrected chi connectivity index (χ4v) is 1.80. The predicted octanol–water partition coefficient (Wildman–Crippen LogP) is 3.61. The molecule has 0 aromatic rings. The summed E-state index contributed by atoms with van der Waals surface area (Å²) in [4.78, 5) is 11.3. The number of hydrogen-bond donors (Lipinski definition) is 0. The minimum absolute atomic E-state index is 0.0323. The van der Waals surface area contributed by atoms with Crippen molar-refractivity contribution in [2.75, 3.05) is 0 Å². The third-order valence-electron chi connectivity index (χ3n) is 2.72. The molecule has 0 aromatic carbocycles. The van der Waals surface area contributed by atoms with Crippen molar-refractivity contribution in [1.82, 2.24) is 0 Å². The highest BCUT2D eigenvalue weighted by Crippen LogP contribution is 2.11. The fourth-order valence-electron chi connectivity index (χ4n) is 1.80. The Labute approximate surface area is 92.7 Å². The molecule has 86 valence electrons. The largest absolute Gasteiger partial charge is 0.462 e. The number of esters is 1. The maximum Gasteiger partial charge on any atom is 0.306 e. The molecule has 0 radical (unpaired) electrons. The Kier molecular flexibility index (Phi) is 6.14. The van der Waals surface area contributed by atoms with Gasteiger partial charge in [0.2, 0.25) is 0 Å². The second-order valence-corrected chi connectivity index (χ2v) is 4.31. The van der Waals surface area contributed by atoms with Crippen LogP contribution in [0.1, 0.15) is 58.3 Å². The summed E-state index contributed by atoms with van der Waals surface area (Å²) in [5.74, 6) is -0.0323. The summed E-state index contributed by atoms with van der Waals surface area (Å²) in [6, 6.07) is 0. The van der Waals surface area contributed by atoms with E-state index >= 15 is 0 Å². The molecule has 0 saturated heterocycles.